The third-order valence-corrected chi connectivity index (χ3v) is 10.6. The second-order valence-corrected chi connectivity index (χ2v) is 17.4. The number of aromatic carboxylic acids is 1. The van der Waals surface area contributed by atoms with Crippen LogP contribution in [0.15, 0.2) is 97.1 Å². The van der Waals surface area contributed by atoms with Gasteiger partial charge in [-0.15, -0.1) is 12.4 Å². The van der Waals surface area contributed by atoms with Crippen LogP contribution in [0.4, 0.5) is 16.7 Å². The number of aryl methyl sites for hydroxylation is 4. The highest BCUT2D eigenvalue weighted by Gasteiger charge is 2.24. The number of rotatable bonds is 16. The topological polar surface area (TPSA) is 325 Å². The van der Waals surface area contributed by atoms with E-state index in [0.29, 0.717) is 47.8 Å². The Kier molecular flexibility index (Phi) is 23.3. The molecule has 0 saturated carbocycles. The van der Waals surface area contributed by atoms with Gasteiger partial charge in [0.2, 0.25) is 11.9 Å². The van der Waals surface area contributed by atoms with Crippen molar-refractivity contribution in [1.29, 1.82) is 0 Å². The van der Waals surface area contributed by atoms with E-state index in [9.17, 15) is 39.3 Å². The first-order chi connectivity index (χ1) is 35.0. The molecule has 2 heterocycles. The summed E-state index contributed by atoms with van der Waals surface area (Å²) in [5.41, 5.74) is 18.4. The normalized spacial score (nSPS) is 11.3. The Hall–Kier alpha value is -8.40. The highest BCUT2D eigenvalue weighted by Crippen LogP contribution is 2.29. The van der Waals surface area contributed by atoms with Crippen LogP contribution in [0.25, 0.3) is 22.3 Å². The number of aromatic nitrogens is 4. The molecule has 4 aromatic carbocycles. The van der Waals surface area contributed by atoms with E-state index in [0.717, 1.165) is 33.4 Å². The van der Waals surface area contributed by atoms with Crippen molar-refractivity contribution in [3.63, 3.8) is 0 Å². The van der Waals surface area contributed by atoms with E-state index in [4.69, 9.17) is 16.2 Å². The van der Waals surface area contributed by atoms with Gasteiger partial charge in [-0.05, 0) is 106 Å². The van der Waals surface area contributed by atoms with Crippen molar-refractivity contribution in [2.45, 2.75) is 79.2 Å². The number of esters is 2. The molecule has 2 aromatic heterocycles. The van der Waals surface area contributed by atoms with E-state index in [-0.39, 0.29) is 48.1 Å². The lowest BCUT2D eigenvalue weighted by Crippen LogP contribution is -2.46. The average molecular weight is 1050 g/mol. The number of halogens is 1. The number of carbonyl (C=O) groups is 5. The van der Waals surface area contributed by atoms with E-state index in [1.54, 1.807) is 84.9 Å². The summed E-state index contributed by atoms with van der Waals surface area (Å²) in [7, 11) is 2.46. The lowest BCUT2D eigenvalue weighted by Gasteiger charge is -2.20. The van der Waals surface area contributed by atoms with Gasteiger partial charge in [-0.2, -0.15) is 0 Å². The van der Waals surface area contributed by atoms with Crippen molar-refractivity contribution < 1.29 is 53.5 Å². The number of phenols is 2. The summed E-state index contributed by atoms with van der Waals surface area (Å²) in [6, 6.07) is 28.0. The summed E-state index contributed by atoms with van der Waals surface area (Å²) in [5.74, 6) is -1.55. The minimum atomic E-state index is -1.03. The van der Waals surface area contributed by atoms with Crippen LogP contribution in [0.5, 0.6) is 11.5 Å². The molecule has 0 unspecified atom stereocenters. The molecule has 6 rings (SSSR count). The number of alkyl carbamates (subject to hydrolysis) is 1. The van der Waals surface area contributed by atoms with E-state index in [2.05, 4.69) is 50.7 Å². The molecule has 0 aliphatic heterocycles. The van der Waals surface area contributed by atoms with Gasteiger partial charge in [0, 0.05) is 26.2 Å². The molecule has 0 aliphatic carbocycles. The molecule has 21 nitrogen and oxygen atoms in total. The number of nitrogens with one attached hydrogen (secondary N) is 4. The van der Waals surface area contributed by atoms with E-state index in [1.165, 1.54) is 14.2 Å². The summed E-state index contributed by atoms with van der Waals surface area (Å²) >= 11 is 0. The third-order valence-electron chi connectivity index (χ3n) is 10.6. The zero-order valence-electron chi connectivity index (χ0n) is 43.2. The third kappa shape index (κ3) is 18.6. The minimum absolute atomic E-state index is 0. The van der Waals surface area contributed by atoms with Crippen LogP contribution < -0.4 is 32.7 Å². The number of phenolic OH excluding ortho intramolecular Hbond substituents is 2. The number of hydrogen-bond donors (Lipinski definition) is 9. The van der Waals surface area contributed by atoms with Crippen LogP contribution in [0.2, 0.25) is 0 Å². The monoisotopic (exact) mass is 1050 g/mol. The van der Waals surface area contributed by atoms with Gasteiger partial charge >= 0.3 is 24.0 Å². The molecule has 11 N–H and O–H groups in total. The summed E-state index contributed by atoms with van der Waals surface area (Å²) in [6.45, 7) is 12.7. The van der Waals surface area contributed by atoms with Crippen LogP contribution in [0, 0.1) is 27.7 Å². The zero-order valence-corrected chi connectivity index (χ0v) is 44.0. The number of amides is 2. The molecule has 0 spiro atoms. The number of carboxylic acid groups (broad SMARTS) is 1. The average Bonchev–Trinajstić information content (AvgIpc) is 3.35. The summed E-state index contributed by atoms with van der Waals surface area (Å²) in [4.78, 5) is 75.0. The Labute approximate surface area is 441 Å². The Morgan fingerprint density at radius 2 is 1.07 bits per heavy atom. The van der Waals surface area contributed by atoms with Gasteiger partial charge in [0.25, 0.3) is 5.91 Å². The Morgan fingerprint density at radius 1 is 0.640 bits per heavy atom. The van der Waals surface area contributed by atoms with Gasteiger partial charge in [-0.25, -0.2) is 34.3 Å². The van der Waals surface area contributed by atoms with Gasteiger partial charge in [-0.1, -0.05) is 72.8 Å². The van der Waals surface area contributed by atoms with Gasteiger partial charge in [0.1, 0.15) is 34.7 Å². The standard InChI is InChI=1S/C24H27N5O4.C20H19N3O3.C9H18N2O4.ClH/c1-14-21(22(31)29-20(12-25)23(32)33-3)15(2)28-24(27-14)26-13-17-7-4-5-10-19(17)16-8-6-9-18(30)11-16;1-12-18(19(25)26)13(2)23-20(22-12)21-11-15-6-3-4-9-17(15)14-7-5-8-16(24)10-14;1-9(2,3)15-8(13)11-5-6(10)7(12)14-4;/h4-11,20,30H,12-13,25H2,1-3H3,(H,29,31)(H,26,27,28);3-10,24H,11H2,1-2H3,(H,25,26)(H,21,22,23);6H,5,10H2,1-4H3,(H,11,13);1H/t20-;;6-;/m0.0./s1. The second kappa shape index (κ2) is 28.7. The Morgan fingerprint density at radius 3 is 1.45 bits per heavy atom. The maximum Gasteiger partial charge on any atom is 0.407 e. The molecule has 0 saturated heterocycles. The first-order valence-corrected chi connectivity index (χ1v) is 23.1. The maximum atomic E-state index is 12.7. The van der Waals surface area contributed by atoms with E-state index < -0.39 is 47.6 Å². The van der Waals surface area contributed by atoms with Crippen LogP contribution in [-0.4, -0.2) is 110 Å². The smallest absolute Gasteiger partial charge is 0.407 e. The number of methoxy groups -OCH3 is 2. The Balaban J connectivity index is 0.000000315. The fourth-order valence-corrected chi connectivity index (χ4v) is 7.17. The fourth-order valence-electron chi connectivity index (χ4n) is 7.17. The van der Waals surface area contributed by atoms with Crippen molar-refractivity contribution in [2.75, 3.05) is 37.9 Å². The second-order valence-electron chi connectivity index (χ2n) is 17.4. The van der Waals surface area contributed by atoms with Crippen LogP contribution >= 0.6 is 12.4 Å². The minimum Gasteiger partial charge on any atom is -0.508 e. The van der Waals surface area contributed by atoms with Crippen LogP contribution in [-0.2, 0) is 36.9 Å². The lowest BCUT2D eigenvalue weighted by atomic mass is 9.99. The number of nitrogens with two attached hydrogens (primary N) is 2. The largest absolute Gasteiger partial charge is 0.508 e. The van der Waals surface area contributed by atoms with Crippen molar-refractivity contribution >= 4 is 54.2 Å². The predicted octanol–water partition coefficient (Wildman–Crippen LogP) is 6.52. The van der Waals surface area contributed by atoms with E-state index in [1.807, 2.05) is 60.7 Å². The molecule has 2 amide bonds. The lowest BCUT2D eigenvalue weighted by molar-refractivity contribution is -0.143. The first-order valence-electron chi connectivity index (χ1n) is 23.1. The molecule has 0 aliphatic rings. The summed E-state index contributed by atoms with van der Waals surface area (Å²) in [6.07, 6.45) is -0.609. The highest BCUT2D eigenvalue weighted by atomic mass is 35.5. The molecule has 2 atom stereocenters. The summed E-state index contributed by atoms with van der Waals surface area (Å²) < 4.78 is 14.0. The number of carboxylic acids is 1. The van der Waals surface area contributed by atoms with Gasteiger partial charge in [0.15, 0.2) is 0 Å². The van der Waals surface area contributed by atoms with Gasteiger partial charge in [-0.3, -0.25) is 9.59 Å². The first kappa shape index (κ1) is 60.9. The molecule has 6 aromatic rings. The SMILES string of the molecule is COC(=O)[C@@H](N)CNC(=O)OC(C)(C)C.COC(=O)[C@H](CN)NC(=O)c1c(C)nc(NCc2ccccc2-c2cccc(O)c2)nc1C.Cc1nc(NCc2ccccc2-c2cccc(O)c2)nc(C)c1C(=O)O.Cl. The molecule has 0 fully saturated rings. The number of aromatic hydroxyl groups is 2. The quantitative estimate of drug-likeness (QED) is 0.0368. The van der Waals surface area contributed by atoms with Gasteiger partial charge < -0.3 is 62.3 Å². The Bertz CT molecular complexity index is 2890. The number of anilines is 2. The van der Waals surface area contributed by atoms with Crippen molar-refractivity contribution in [3.05, 3.63) is 142 Å². The molecular formula is C53H65ClN10O11. The highest BCUT2D eigenvalue weighted by molar-refractivity contribution is 5.98. The van der Waals surface area contributed by atoms with Crippen molar-refractivity contribution in [3.8, 4) is 33.8 Å². The maximum absolute atomic E-state index is 12.7. The molecule has 0 radical (unpaired) electrons. The molecule has 75 heavy (non-hydrogen) atoms. The molecule has 0 bridgehead atoms. The van der Waals surface area contributed by atoms with Gasteiger partial charge in [0.05, 0.1) is 42.6 Å². The number of carbonyl (C=O) groups excluding carboxylic acids is 4. The van der Waals surface area contributed by atoms with Crippen LogP contribution in [0.1, 0.15) is 75.4 Å². The number of nitrogens with zero attached hydrogens (tertiary/aromatic N) is 4. The number of hydrogen-bond acceptors (Lipinski definition) is 18. The molecule has 22 heteroatoms. The number of ether oxygens (including phenoxy) is 3. The van der Waals surface area contributed by atoms with Crippen LogP contribution in [0.3, 0.4) is 0 Å². The van der Waals surface area contributed by atoms with Crippen molar-refractivity contribution in [2.24, 2.45) is 11.5 Å². The zero-order chi connectivity index (χ0) is 54.7. The van der Waals surface area contributed by atoms with Crippen molar-refractivity contribution in [1.82, 2.24) is 30.6 Å². The fraction of sp³-hybridized carbons (Fsp3) is 0.302. The summed E-state index contributed by atoms with van der Waals surface area (Å²) in [5, 5.41) is 40.0. The number of benzene rings is 4. The molecular weight excluding hydrogens is 988 g/mol. The van der Waals surface area contributed by atoms with E-state index >= 15 is 0 Å². The molecule has 400 valence electrons. The predicted molar refractivity (Wildman–Crippen MR) is 286 cm³/mol.